The third-order valence-electron chi connectivity index (χ3n) is 1.96. The first-order valence-corrected chi connectivity index (χ1v) is 5.76. The molecule has 0 spiro atoms. The van der Waals surface area contributed by atoms with Gasteiger partial charge in [0.25, 0.3) is 0 Å². The van der Waals surface area contributed by atoms with Gasteiger partial charge < -0.3 is 20.4 Å². The zero-order valence-electron chi connectivity index (χ0n) is 12.0. The SMILES string of the molecule is CC(C)(C)c1cc2c([c-]n1)OCO2.C[C-](C)C.[W+2]. The van der Waals surface area contributed by atoms with Crippen LogP contribution in [0.15, 0.2) is 6.07 Å². The molecule has 0 saturated carbocycles. The minimum atomic E-state index is 0. The van der Waals surface area contributed by atoms with Crippen LogP contribution in [0.2, 0.25) is 0 Å². The number of hydrogen-bond acceptors (Lipinski definition) is 3. The van der Waals surface area contributed by atoms with Crippen LogP contribution < -0.4 is 9.47 Å². The summed E-state index contributed by atoms with van der Waals surface area (Å²) < 4.78 is 10.4. The molecule has 4 heteroatoms. The monoisotopic (exact) mass is 419 g/mol. The third-order valence-corrected chi connectivity index (χ3v) is 1.96. The molecule has 0 amide bonds. The molecule has 0 unspecified atom stereocenters. The third kappa shape index (κ3) is 5.39. The van der Waals surface area contributed by atoms with Crippen molar-refractivity contribution in [2.75, 3.05) is 6.79 Å². The van der Waals surface area contributed by atoms with Crippen molar-refractivity contribution in [2.24, 2.45) is 0 Å². The number of aromatic nitrogens is 1. The normalized spacial score (nSPS) is 12.6. The summed E-state index contributed by atoms with van der Waals surface area (Å²) in [5.74, 6) is 2.79. The van der Waals surface area contributed by atoms with E-state index in [0.29, 0.717) is 5.75 Å². The van der Waals surface area contributed by atoms with E-state index in [4.69, 9.17) is 9.47 Å². The Morgan fingerprint density at radius 1 is 1.22 bits per heavy atom. The topological polar surface area (TPSA) is 31.4 Å². The predicted octanol–water partition coefficient (Wildman–Crippen LogP) is 3.53. The van der Waals surface area contributed by atoms with E-state index in [-0.39, 0.29) is 33.3 Å². The minimum absolute atomic E-state index is 0. The maximum Gasteiger partial charge on any atom is 2.00 e. The molecular weight excluding hydrogens is 398 g/mol. The number of nitrogens with zero attached hydrogens (tertiary/aromatic N) is 1. The van der Waals surface area contributed by atoms with Gasteiger partial charge in [-0.15, -0.1) is 6.07 Å². The molecule has 0 atom stereocenters. The molecule has 0 aromatic carbocycles. The summed E-state index contributed by atoms with van der Waals surface area (Å²) in [6.07, 6.45) is 2.83. The molecule has 1 aromatic rings. The van der Waals surface area contributed by atoms with Gasteiger partial charge in [-0.25, -0.2) is 0 Å². The van der Waals surface area contributed by atoms with Gasteiger partial charge in [-0.3, -0.25) is 0 Å². The second kappa shape index (κ2) is 7.13. The fourth-order valence-electron chi connectivity index (χ4n) is 1.13. The maximum atomic E-state index is 5.24. The average molecular weight is 419 g/mol. The van der Waals surface area contributed by atoms with E-state index < -0.39 is 0 Å². The van der Waals surface area contributed by atoms with Crippen LogP contribution in [-0.2, 0) is 26.5 Å². The molecule has 2 rings (SSSR count). The summed E-state index contributed by atoms with van der Waals surface area (Å²) >= 11 is 0. The number of pyridine rings is 1. The molecule has 0 aliphatic carbocycles. The Labute approximate surface area is 125 Å². The van der Waals surface area contributed by atoms with Crippen LogP contribution in [0, 0.1) is 12.1 Å². The van der Waals surface area contributed by atoms with Crippen molar-refractivity contribution in [3.63, 3.8) is 0 Å². The van der Waals surface area contributed by atoms with Crippen molar-refractivity contribution in [3.8, 4) is 11.5 Å². The Hall–Kier alpha value is -0.562. The first-order chi connectivity index (χ1) is 7.80. The molecule has 1 aliphatic rings. The average Bonchev–Trinajstić information content (AvgIpc) is 2.61. The smallest absolute Gasteiger partial charge is 0.516 e. The van der Waals surface area contributed by atoms with E-state index in [2.05, 4.69) is 52.7 Å². The van der Waals surface area contributed by atoms with Crippen molar-refractivity contribution < 1.29 is 30.5 Å². The van der Waals surface area contributed by atoms with Crippen LogP contribution in [0.4, 0.5) is 0 Å². The number of hydrogen-bond donors (Lipinski definition) is 0. The molecule has 0 radical (unpaired) electrons. The van der Waals surface area contributed by atoms with Crippen LogP contribution in [0.3, 0.4) is 0 Å². The van der Waals surface area contributed by atoms with Gasteiger partial charge in [-0.1, -0.05) is 26.5 Å². The fourth-order valence-corrected chi connectivity index (χ4v) is 1.13. The van der Waals surface area contributed by atoms with Gasteiger partial charge in [0.15, 0.2) is 0 Å². The Kier molecular flexibility index (Phi) is 6.91. The molecule has 100 valence electrons. The summed E-state index contributed by atoms with van der Waals surface area (Å²) in [7, 11) is 0. The molecule has 2 heterocycles. The fraction of sp³-hybridized carbons (Fsp3) is 0.571. The van der Waals surface area contributed by atoms with Gasteiger partial charge in [-0.05, 0) is 11.6 Å². The van der Waals surface area contributed by atoms with Gasteiger partial charge in [0.1, 0.15) is 0 Å². The van der Waals surface area contributed by atoms with Crippen molar-refractivity contribution >= 4 is 0 Å². The van der Waals surface area contributed by atoms with E-state index in [1.165, 1.54) is 5.92 Å². The van der Waals surface area contributed by atoms with Crippen LogP contribution in [0.25, 0.3) is 0 Å². The summed E-state index contributed by atoms with van der Waals surface area (Å²) in [6, 6.07) is 1.92. The zero-order chi connectivity index (χ0) is 13.1. The van der Waals surface area contributed by atoms with Crippen LogP contribution in [0.5, 0.6) is 11.5 Å². The van der Waals surface area contributed by atoms with Gasteiger partial charge in [0.2, 0.25) is 6.79 Å². The summed E-state index contributed by atoms with van der Waals surface area (Å²) in [4.78, 5) is 4.19. The van der Waals surface area contributed by atoms with E-state index in [1.54, 1.807) is 0 Å². The second-order valence-electron chi connectivity index (χ2n) is 5.60. The largest absolute Gasteiger partial charge is 2.00 e. The van der Waals surface area contributed by atoms with Gasteiger partial charge >= 0.3 is 21.1 Å². The second-order valence-corrected chi connectivity index (χ2v) is 5.60. The van der Waals surface area contributed by atoms with Crippen LogP contribution >= 0.6 is 0 Å². The first-order valence-electron chi connectivity index (χ1n) is 5.76. The van der Waals surface area contributed by atoms with E-state index in [1.807, 2.05) is 6.07 Å². The van der Waals surface area contributed by atoms with Crippen molar-refractivity contribution in [3.05, 3.63) is 23.9 Å². The first kappa shape index (κ1) is 17.4. The molecular formula is C14H21NO2W. The number of rotatable bonds is 0. The Morgan fingerprint density at radius 3 is 2.28 bits per heavy atom. The van der Waals surface area contributed by atoms with E-state index >= 15 is 0 Å². The van der Waals surface area contributed by atoms with Gasteiger partial charge in [0, 0.05) is 0 Å². The Balaban J connectivity index is 0.000000512. The Bertz CT molecular complexity index is 370. The molecule has 0 fully saturated rings. The molecule has 0 bridgehead atoms. The number of ether oxygens (including phenoxy) is 2. The van der Waals surface area contributed by atoms with Crippen LogP contribution in [-0.4, -0.2) is 11.8 Å². The molecule has 0 N–H and O–H groups in total. The predicted molar refractivity (Wildman–Crippen MR) is 68.2 cm³/mol. The zero-order valence-corrected chi connectivity index (χ0v) is 14.9. The number of fused-ring (bicyclic) bond motifs is 1. The summed E-state index contributed by atoms with van der Waals surface area (Å²) in [5.41, 5.74) is 0.994. The Morgan fingerprint density at radius 2 is 1.78 bits per heavy atom. The summed E-state index contributed by atoms with van der Waals surface area (Å²) in [5, 5.41) is 0. The summed E-state index contributed by atoms with van der Waals surface area (Å²) in [6.45, 7) is 12.8. The van der Waals surface area contributed by atoms with Crippen molar-refractivity contribution in [2.45, 2.75) is 47.0 Å². The van der Waals surface area contributed by atoms with Crippen molar-refractivity contribution in [1.29, 1.82) is 0 Å². The minimum Gasteiger partial charge on any atom is -0.516 e. The standard InChI is InChI=1S/C10H12NO2.C4H9.W/c1-10(2,3)9-4-7-8(5-11-9)13-6-12-7;1-4(2)3;/h4H,6H2,1-3H3;1-3H3;/q2*-1;+2. The molecule has 0 saturated heterocycles. The maximum absolute atomic E-state index is 5.24. The molecule has 1 aliphatic heterocycles. The molecule has 18 heavy (non-hydrogen) atoms. The van der Waals surface area contributed by atoms with E-state index in [0.717, 1.165) is 11.4 Å². The van der Waals surface area contributed by atoms with Crippen molar-refractivity contribution in [1.82, 2.24) is 4.98 Å². The quantitative estimate of drug-likeness (QED) is 0.604. The van der Waals surface area contributed by atoms with Gasteiger partial charge in [-0.2, -0.15) is 20.8 Å². The van der Waals surface area contributed by atoms with Gasteiger partial charge in [0.05, 0.1) is 11.5 Å². The molecule has 1 aromatic heterocycles. The van der Waals surface area contributed by atoms with Crippen LogP contribution in [0.1, 0.15) is 47.2 Å². The molecule has 3 nitrogen and oxygen atoms in total. The van der Waals surface area contributed by atoms with E-state index in [9.17, 15) is 0 Å².